The van der Waals surface area contributed by atoms with Gasteiger partial charge in [0.2, 0.25) is 11.8 Å². The van der Waals surface area contributed by atoms with Crippen LogP contribution >= 0.6 is 0 Å². The van der Waals surface area contributed by atoms with Crippen LogP contribution in [0, 0.1) is 0 Å². The number of rotatable bonds is 5. The largest absolute Gasteiger partial charge is 0.351 e. The van der Waals surface area contributed by atoms with Gasteiger partial charge in [-0.05, 0) is 24.1 Å². The van der Waals surface area contributed by atoms with Crippen LogP contribution in [-0.4, -0.2) is 41.9 Å². The lowest BCUT2D eigenvalue weighted by Crippen LogP contribution is -2.40. The number of urea groups is 1. The summed E-state index contributed by atoms with van der Waals surface area (Å²) >= 11 is 0. The molecule has 0 spiro atoms. The minimum atomic E-state index is -0.473. The van der Waals surface area contributed by atoms with Crippen molar-refractivity contribution in [2.45, 2.75) is 18.9 Å². The Morgan fingerprint density at radius 1 is 1.35 bits per heavy atom. The first-order valence-electron chi connectivity index (χ1n) is 7.34. The summed E-state index contributed by atoms with van der Waals surface area (Å²) in [6.07, 6.45) is 2.00. The Balaban J connectivity index is 1.94. The number of amides is 4. The van der Waals surface area contributed by atoms with Crippen molar-refractivity contribution in [3.05, 3.63) is 42.5 Å². The topological polar surface area (TPSA) is 105 Å². The van der Waals surface area contributed by atoms with E-state index in [0.29, 0.717) is 30.8 Å². The number of nitrogens with zero attached hydrogens (tertiary/aromatic N) is 1. The normalized spacial score (nSPS) is 16.7. The Hall–Kier alpha value is -2.83. The fourth-order valence-electron chi connectivity index (χ4n) is 2.51. The minimum Gasteiger partial charge on any atom is -0.351 e. The molecule has 7 heteroatoms. The Labute approximate surface area is 134 Å². The molecule has 1 aliphatic heterocycles. The molecule has 23 heavy (non-hydrogen) atoms. The SMILES string of the molecule is C=CC(=O)Nc1ccccc1CC(=O)NC1CCN(C(N)=O)C1. The Kier molecular flexibility index (Phi) is 5.35. The fraction of sp³-hybridized carbons (Fsp3) is 0.312. The lowest BCUT2D eigenvalue weighted by Gasteiger charge is -2.15. The number of carbonyl (C=O) groups is 3. The van der Waals surface area contributed by atoms with Crippen molar-refractivity contribution >= 4 is 23.5 Å². The number of carbonyl (C=O) groups excluding carboxylic acids is 3. The zero-order valence-corrected chi connectivity index (χ0v) is 12.7. The van der Waals surface area contributed by atoms with Crippen LogP contribution < -0.4 is 16.4 Å². The molecule has 0 aromatic heterocycles. The lowest BCUT2D eigenvalue weighted by molar-refractivity contribution is -0.121. The van der Waals surface area contributed by atoms with E-state index in [4.69, 9.17) is 5.73 Å². The number of nitrogens with one attached hydrogen (secondary N) is 2. The predicted octanol–water partition coefficient (Wildman–Crippen LogP) is 0.623. The highest BCUT2D eigenvalue weighted by Gasteiger charge is 2.26. The Bertz CT molecular complexity index is 630. The first kappa shape index (κ1) is 16.5. The van der Waals surface area contributed by atoms with Crippen molar-refractivity contribution in [3.8, 4) is 0 Å². The van der Waals surface area contributed by atoms with Crippen LogP contribution in [0.25, 0.3) is 0 Å². The van der Waals surface area contributed by atoms with Gasteiger partial charge in [-0.15, -0.1) is 0 Å². The van der Waals surface area contributed by atoms with Crippen molar-refractivity contribution in [2.24, 2.45) is 5.73 Å². The summed E-state index contributed by atoms with van der Waals surface area (Å²) in [5.41, 5.74) is 6.51. The van der Waals surface area contributed by atoms with E-state index in [-0.39, 0.29) is 24.3 Å². The molecule has 1 heterocycles. The molecule has 1 unspecified atom stereocenters. The van der Waals surface area contributed by atoms with Gasteiger partial charge < -0.3 is 21.3 Å². The van der Waals surface area contributed by atoms with Crippen LogP contribution in [-0.2, 0) is 16.0 Å². The minimum absolute atomic E-state index is 0.0927. The van der Waals surface area contributed by atoms with Crippen molar-refractivity contribution in [1.82, 2.24) is 10.2 Å². The van der Waals surface area contributed by atoms with E-state index < -0.39 is 6.03 Å². The summed E-state index contributed by atoms with van der Waals surface area (Å²) in [6.45, 7) is 4.38. The van der Waals surface area contributed by atoms with Gasteiger partial charge in [0, 0.05) is 24.8 Å². The number of hydrogen-bond donors (Lipinski definition) is 3. The Morgan fingerprint density at radius 3 is 2.74 bits per heavy atom. The quantitative estimate of drug-likeness (QED) is 0.694. The first-order valence-corrected chi connectivity index (χ1v) is 7.34. The van der Waals surface area contributed by atoms with Gasteiger partial charge in [0.05, 0.1) is 6.42 Å². The van der Waals surface area contributed by atoms with Gasteiger partial charge in [0.15, 0.2) is 0 Å². The number of primary amides is 1. The molecule has 0 radical (unpaired) electrons. The van der Waals surface area contributed by atoms with Gasteiger partial charge in [-0.2, -0.15) is 0 Å². The number of likely N-dealkylation sites (tertiary alicyclic amines) is 1. The third-order valence-corrected chi connectivity index (χ3v) is 3.68. The zero-order chi connectivity index (χ0) is 16.8. The maximum absolute atomic E-state index is 12.2. The second kappa shape index (κ2) is 7.44. The summed E-state index contributed by atoms with van der Waals surface area (Å²) in [4.78, 5) is 36.2. The van der Waals surface area contributed by atoms with E-state index in [1.54, 1.807) is 24.3 Å². The van der Waals surface area contributed by atoms with Crippen LogP contribution in [0.2, 0.25) is 0 Å². The predicted molar refractivity (Wildman–Crippen MR) is 86.7 cm³/mol. The third kappa shape index (κ3) is 4.57. The van der Waals surface area contributed by atoms with Gasteiger partial charge in [-0.1, -0.05) is 24.8 Å². The number of para-hydroxylation sites is 1. The second-order valence-corrected chi connectivity index (χ2v) is 5.36. The third-order valence-electron chi connectivity index (χ3n) is 3.68. The number of nitrogens with two attached hydrogens (primary N) is 1. The van der Waals surface area contributed by atoms with Crippen LogP contribution in [0.3, 0.4) is 0 Å². The van der Waals surface area contributed by atoms with Gasteiger partial charge in [-0.25, -0.2) is 4.79 Å². The fourth-order valence-corrected chi connectivity index (χ4v) is 2.51. The molecule has 1 fully saturated rings. The molecule has 0 aliphatic carbocycles. The second-order valence-electron chi connectivity index (χ2n) is 5.36. The lowest BCUT2D eigenvalue weighted by atomic mass is 10.1. The monoisotopic (exact) mass is 316 g/mol. The zero-order valence-electron chi connectivity index (χ0n) is 12.7. The average Bonchev–Trinajstić information content (AvgIpc) is 2.97. The molecule has 1 saturated heterocycles. The van der Waals surface area contributed by atoms with E-state index in [2.05, 4.69) is 17.2 Å². The van der Waals surface area contributed by atoms with Crippen LogP contribution in [0.4, 0.5) is 10.5 Å². The molecule has 1 atom stereocenters. The molecule has 122 valence electrons. The maximum Gasteiger partial charge on any atom is 0.314 e. The maximum atomic E-state index is 12.2. The summed E-state index contributed by atoms with van der Waals surface area (Å²) in [5.74, 6) is -0.493. The molecule has 0 saturated carbocycles. The van der Waals surface area contributed by atoms with Crippen LogP contribution in [0.15, 0.2) is 36.9 Å². The summed E-state index contributed by atoms with van der Waals surface area (Å²) in [7, 11) is 0. The molecule has 0 bridgehead atoms. The summed E-state index contributed by atoms with van der Waals surface area (Å²) in [5, 5.41) is 5.56. The molecule has 1 aromatic rings. The highest BCUT2D eigenvalue weighted by atomic mass is 16.2. The summed E-state index contributed by atoms with van der Waals surface area (Å²) in [6, 6.07) is 6.53. The van der Waals surface area contributed by atoms with Crippen LogP contribution in [0.1, 0.15) is 12.0 Å². The molecule has 4 N–H and O–H groups in total. The molecule has 1 aromatic carbocycles. The van der Waals surface area contributed by atoms with E-state index in [0.717, 1.165) is 0 Å². The molecular formula is C16H20N4O3. The van der Waals surface area contributed by atoms with Crippen molar-refractivity contribution < 1.29 is 14.4 Å². The van der Waals surface area contributed by atoms with E-state index in [1.165, 1.54) is 11.0 Å². The first-order chi connectivity index (χ1) is 11.0. The molecular weight excluding hydrogens is 296 g/mol. The highest BCUT2D eigenvalue weighted by Crippen LogP contribution is 2.16. The average molecular weight is 316 g/mol. The van der Waals surface area contributed by atoms with Gasteiger partial charge in [-0.3, -0.25) is 9.59 Å². The molecule has 1 aliphatic rings. The molecule has 4 amide bonds. The standard InChI is InChI=1S/C16H20N4O3/c1-2-14(21)19-13-6-4-3-5-11(13)9-15(22)18-12-7-8-20(10-12)16(17)23/h2-6,12H,1,7-10H2,(H2,17,23)(H,18,22)(H,19,21). The summed E-state index contributed by atoms with van der Waals surface area (Å²) < 4.78 is 0. The van der Waals surface area contributed by atoms with Gasteiger partial charge >= 0.3 is 6.03 Å². The van der Waals surface area contributed by atoms with E-state index in [1.807, 2.05) is 0 Å². The van der Waals surface area contributed by atoms with Crippen molar-refractivity contribution in [2.75, 3.05) is 18.4 Å². The van der Waals surface area contributed by atoms with E-state index in [9.17, 15) is 14.4 Å². The number of hydrogen-bond acceptors (Lipinski definition) is 3. The van der Waals surface area contributed by atoms with Crippen molar-refractivity contribution in [1.29, 1.82) is 0 Å². The van der Waals surface area contributed by atoms with Crippen molar-refractivity contribution in [3.63, 3.8) is 0 Å². The Morgan fingerprint density at radius 2 is 2.09 bits per heavy atom. The molecule has 7 nitrogen and oxygen atoms in total. The van der Waals surface area contributed by atoms with Gasteiger partial charge in [0.1, 0.15) is 0 Å². The molecule has 2 rings (SSSR count). The number of anilines is 1. The smallest absolute Gasteiger partial charge is 0.314 e. The number of benzene rings is 1. The van der Waals surface area contributed by atoms with Gasteiger partial charge in [0.25, 0.3) is 0 Å². The van der Waals surface area contributed by atoms with Crippen LogP contribution in [0.5, 0.6) is 0 Å². The van der Waals surface area contributed by atoms with E-state index >= 15 is 0 Å². The highest BCUT2D eigenvalue weighted by molar-refractivity contribution is 5.99.